The first-order valence-electron chi connectivity index (χ1n) is 8.14. The molecule has 1 amide bonds. The third-order valence-electron chi connectivity index (χ3n) is 3.95. The van der Waals surface area contributed by atoms with E-state index >= 15 is 0 Å². The normalized spacial score (nSPS) is 14.2. The molecule has 1 aliphatic rings. The zero-order valence-electron chi connectivity index (χ0n) is 13.9. The molecule has 26 heavy (non-hydrogen) atoms. The van der Waals surface area contributed by atoms with Gasteiger partial charge in [0.1, 0.15) is 5.82 Å². The first-order valence-corrected chi connectivity index (χ1v) is 8.89. The number of ether oxygens (including phenoxy) is 1. The second-order valence-electron chi connectivity index (χ2n) is 5.79. The molecule has 1 saturated heterocycles. The molecule has 1 aliphatic heterocycles. The Bertz CT molecular complexity index is 798. The highest BCUT2D eigenvalue weighted by Crippen LogP contribution is 2.29. The fourth-order valence-corrected chi connectivity index (χ4v) is 3.04. The number of benzene rings is 2. The van der Waals surface area contributed by atoms with Crippen molar-refractivity contribution in [3.63, 3.8) is 0 Å². The second-order valence-corrected chi connectivity index (χ2v) is 6.66. The van der Waals surface area contributed by atoms with Gasteiger partial charge >= 0.3 is 0 Å². The van der Waals surface area contributed by atoms with E-state index in [2.05, 4.69) is 15.5 Å². The lowest BCUT2D eigenvalue weighted by Crippen LogP contribution is -2.36. The van der Waals surface area contributed by atoms with Crippen LogP contribution in [0.15, 0.2) is 36.4 Å². The molecule has 2 aromatic rings. The first-order chi connectivity index (χ1) is 12.5. The summed E-state index contributed by atoms with van der Waals surface area (Å²) in [4.78, 5) is 14.3. The van der Waals surface area contributed by atoms with Gasteiger partial charge < -0.3 is 20.3 Å². The van der Waals surface area contributed by atoms with Gasteiger partial charge in [0, 0.05) is 23.1 Å². The Labute approximate surface area is 161 Å². The van der Waals surface area contributed by atoms with Crippen LogP contribution >= 0.6 is 23.2 Å². The fourth-order valence-electron chi connectivity index (χ4n) is 2.69. The molecule has 5 nitrogen and oxygen atoms in total. The number of nitrogens with zero attached hydrogens (tertiary/aromatic N) is 1. The van der Waals surface area contributed by atoms with Crippen LogP contribution in [0.2, 0.25) is 10.0 Å². The molecule has 0 bridgehead atoms. The van der Waals surface area contributed by atoms with Crippen LogP contribution in [0.4, 0.5) is 21.5 Å². The predicted molar refractivity (Wildman–Crippen MR) is 103 cm³/mol. The zero-order chi connectivity index (χ0) is 18.5. The van der Waals surface area contributed by atoms with Crippen molar-refractivity contribution < 1.29 is 13.9 Å². The molecule has 0 unspecified atom stereocenters. The summed E-state index contributed by atoms with van der Waals surface area (Å²) in [6.45, 7) is 2.78. The Balaban J connectivity index is 1.67. The number of carbonyl (C=O) groups is 1. The fraction of sp³-hybridized carbons (Fsp3) is 0.278. The van der Waals surface area contributed by atoms with E-state index in [-0.39, 0.29) is 18.1 Å². The molecule has 0 aromatic heterocycles. The van der Waals surface area contributed by atoms with E-state index in [1.807, 2.05) is 6.07 Å². The Morgan fingerprint density at radius 1 is 1.08 bits per heavy atom. The van der Waals surface area contributed by atoms with E-state index < -0.39 is 5.82 Å². The maximum Gasteiger partial charge on any atom is 0.243 e. The summed E-state index contributed by atoms with van der Waals surface area (Å²) >= 11 is 11.9. The average Bonchev–Trinajstić information content (AvgIpc) is 2.64. The number of hydrogen-bond donors (Lipinski definition) is 2. The van der Waals surface area contributed by atoms with Crippen molar-refractivity contribution >= 4 is 46.2 Å². The Morgan fingerprint density at radius 2 is 1.73 bits per heavy atom. The van der Waals surface area contributed by atoms with Crippen molar-refractivity contribution in [2.75, 3.05) is 48.4 Å². The molecule has 2 N–H and O–H groups in total. The van der Waals surface area contributed by atoms with Gasteiger partial charge in [-0.05, 0) is 36.4 Å². The largest absolute Gasteiger partial charge is 0.378 e. The summed E-state index contributed by atoms with van der Waals surface area (Å²) in [5, 5.41) is 6.49. The topological polar surface area (TPSA) is 53.6 Å². The molecule has 0 aliphatic carbocycles. The van der Waals surface area contributed by atoms with E-state index in [4.69, 9.17) is 27.9 Å². The van der Waals surface area contributed by atoms with Gasteiger partial charge in [-0.3, -0.25) is 4.79 Å². The molecule has 1 heterocycles. The van der Waals surface area contributed by atoms with Crippen LogP contribution < -0.4 is 15.5 Å². The summed E-state index contributed by atoms with van der Waals surface area (Å²) in [7, 11) is 0. The van der Waals surface area contributed by atoms with E-state index in [9.17, 15) is 9.18 Å². The third kappa shape index (κ3) is 4.78. The minimum absolute atomic E-state index is 0.0381. The van der Waals surface area contributed by atoms with Crippen LogP contribution in [0.3, 0.4) is 0 Å². The first kappa shape index (κ1) is 18.8. The molecule has 0 atom stereocenters. The number of rotatable bonds is 5. The smallest absolute Gasteiger partial charge is 0.243 e. The van der Waals surface area contributed by atoms with Gasteiger partial charge in [-0.15, -0.1) is 0 Å². The SMILES string of the molecule is O=C(CNc1cc(Cl)ccc1N1CCOCC1)Nc1cc(Cl)ccc1F. The van der Waals surface area contributed by atoms with Gasteiger partial charge in [0.25, 0.3) is 0 Å². The maximum atomic E-state index is 13.7. The number of morpholine rings is 1. The number of anilines is 3. The summed E-state index contributed by atoms with van der Waals surface area (Å²) in [5.41, 5.74) is 1.73. The van der Waals surface area contributed by atoms with Gasteiger partial charge in [0.05, 0.1) is 36.8 Å². The van der Waals surface area contributed by atoms with Crippen LogP contribution in [0, 0.1) is 5.82 Å². The number of nitrogens with one attached hydrogen (secondary N) is 2. The molecular formula is C18H18Cl2FN3O2. The minimum atomic E-state index is -0.542. The van der Waals surface area contributed by atoms with Crippen LogP contribution in [-0.2, 0) is 9.53 Å². The maximum absolute atomic E-state index is 13.7. The summed E-state index contributed by atoms with van der Waals surface area (Å²) in [5.74, 6) is -0.932. The quantitative estimate of drug-likeness (QED) is 0.799. The number of hydrogen-bond acceptors (Lipinski definition) is 4. The summed E-state index contributed by atoms with van der Waals surface area (Å²) in [6.07, 6.45) is 0. The van der Waals surface area contributed by atoms with E-state index in [1.165, 1.54) is 18.2 Å². The number of amides is 1. The van der Waals surface area contributed by atoms with Crippen molar-refractivity contribution in [2.45, 2.75) is 0 Å². The zero-order valence-corrected chi connectivity index (χ0v) is 15.4. The molecule has 0 saturated carbocycles. The average molecular weight is 398 g/mol. The van der Waals surface area contributed by atoms with Gasteiger partial charge in [0.15, 0.2) is 0 Å². The van der Waals surface area contributed by atoms with Crippen LogP contribution in [0.1, 0.15) is 0 Å². The lowest BCUT2D eigenvalue weighted by molar-refractivity contribution is -0.114. The van der Waals surface area contributed by atoms with Crippen LogP contribution in [-0.4, -0.2) is 38.8 Å². The Morgan fingerprint density at radius 3 is 2.46 bits per heavy atom. The molecule has 0 spiro atoms. The monoisotopic (exact) mass is 397 g/mol. The second kappa shape index (κ2) is 8.58. The van der Waals surface area contributed by atoms with Gasteiger partial charge in [-0.1, -0.05) is 23.2 Å². The van der Waals surface area contributed by atoms with Gasteiger partial charge in [0.2, 0.25) is 5.91 Å². The van der Waals surface area contributed by atoms with Crippen molar-refractivity contribution in [3.05, 3.63) is 52.3 Å². The van der Waals surface area contributed by atoms with Crippen molar-refractivity contribution in [3.8, 4) is 0 Å². The minimum Gasteiger partial charge on any atom is -0.378 e. The van der Waals surface area contributed by atoms with Crippen molar-refractivity contribution in [1.82, 2.24) is 0 Å². The molecular weight excluding hydrogens is 380 g/mol. The van der Waals surface area contributed by atoms with E-state index in [1.54, 1.807) is 12.1 Å². The third-order valence-corrected chi connectivity index (χ3v) is 4.42. The Hall–Kier alpha value is -2.02. The molecule has 8 heteroatoms. The van der Waals surface area contributed by atoms with E-state index in [0.29, 0.717) is 23.3 Å². The highest BCUT2D eigenvalue weighted by atomic mass is 35.5. The van der Waals surface area contributed by atoms with Gasteiger partial charge in [-0.2, -0.15) is 0 Å². The molecule has 1 fully saturated rings. The van der Waals surface area contributed by atoms with Crippen LogP contribution in [0.25, 0.3) is 0 Å². The molecule has 0 radical (unpaired) electrons. The predicted octanol–water partition coefficient (Wildman–Crippen LogP) is 4.02. The highest BCUT2D eigenvalue weighted by molar-refractivity contribution is 6.31. The van der Waals surface area contributed by atoms with Crippen LogP contribution in [0.5, 0.6) is 0 Å². The molecule has 2 aromatic carbocycles. The summed E-state index contributed by atoms with van der Waals surface area (Å²) in [6, 6.07) is 9.47. The highest BCUT2D eigenvalue weighted by Gasteiger charge is 2.16. The number of carbonyl (C=O) groups excluding carboxylic acids is 1. The Kier molecular flexibility index (Phi) is 6.19. The lowest BCUT2D eigenvalue weighted by Gasteiger charge is -2.30. The van der Waals surface area contributed by atoms with Gasteiger partial charge in [-0.25, -0.2) is 4.39 Å². The lowest BCUT2D eigenvalue weighted by atomic mass is 10.2. The van der Waals surface area contributed by atoms with E-state index in [0.717, 1.165) is 24.5 Å². The summed E-state index contributed by atoms with van der Waals surface area (Å²) < 4.78 is 19.1. The standard InChI is InChI=1S/C18H18Cl2FN3O2/c19-12-1-3-14(21)15(9-12)23-18(25)11-22-16-10-13(20)2-4-17(16)24-5-7-26-8-6-24/h1-4,9-10,22H,5-8,11H2,(H,23,25). The molecule has 3 rings (SSSR count). The number of halogens is 3. The molecule has 138 valence electrons. The van der Waals surface area contributed by atoms with Crippen molar-refractivity contribution in [1.29, 1.82) is 0 Å². The van der Waals surface area contributed by atoms with Crippen molar-refractivity contribution in [2.24, 2.45) is 0 Å².